The average molecular weight is 312 g/mol. The molecule has 21 heavy (non-hydrogen) atoms. The van der Waals surface area contributed by atoms with Crippen molar-refractivity contribution in [3.63, 3.8) is 0 Å². The van der Waals surface area contributed by atoms with E-state index in [0.29, 0.717) is 17.1 Å². The highest BCUT2D eigenvalue weighted by Gasteiger charge is 2.19. The number of amides is 1. The number of hydrogen-bond donors (Lipinski definition) is 2. The van der Waals surface area contributed by atoms with Crippen LogP contribution in [0.5, 0.6) is 0 Å². The summed E-state index contributed by atoms with van der Waals surface area (Å²) in [6.45, 7) is 6.35. The van der Waals surface area contributed by atoms with Gasteiger partial charge in [-0.15, -0.1) is 0 Å². The van der Waals surface area contributed by atoms with Crippen LogP contribution in [0.1, 0.15) is 33.6 Å². The predicted octanol–water partition coefficient (Wildman–Crippen LogP) is 3.50. The zero-order valence-electron chi connectivity index (χ0n) is 13.5. The minimum atomic E-state index is -0.146. The van der Waals surface area contributed by atoms with Crippen LogP contribution < -0.4 is 16.0 Å². The molecule has 0 saturated carbocycles. The second-order valence-electron chi connectivity index (χ2n) is 6.83. The zero-order chi connectivity index (χ0) is 16.2. The molecule has 0 heterocycles. The summed E-state index contributed by atoms with van der Waals surface area (Å²) in [5, 5.41) is 3.50. The molecule has 1 unspecified atom stereocenters. The van der Waals surface area contributed by atoms with Crippen molar-refractivity contribution in [2.24, 2.45) is 11.1 Å². The van der Waals surface area contributed by atoms with Gasteiger partial charge in [0, 0.05) is 31.6 Å². The van der Waals surface area contributed by atoms with E-state index in [2.05, 4.69) is 26.1 Å². The number of rotatable bonds is 5. The second kappa shape index (κ2) is 7.14. The molecule has 1 aromatic rings. The Kier molecular flexibility index (Phi) is 6.05. The normalized spacial score (nSPS) is 12.9. The minimum absolute atomic E-state index is 0.0860. The number of hydrogen-bond acceptors (Lipinski definition) is 3. The van der Waals surface area contributed by atoms with Gasteiger partial charge in [-0.2, -0.15) is 0 Å². The molecule has 0 aliphatic carbocycles. The fourth-order valence-electron chi connectivity index (χ4n) is 2.30. The molecule has 1 amide bonds. The van der Waals surface area contributed by atoms with E-state index in [1.54, 1.807) is 12.1 Å². The van der Waals surface area contributed by atoms with E-state index < -0.39 is 0 Å². The van der Waals surface area contributed by atoms with Gasteiger partial charge >= 0.3 is 0 Å². The molecule has 3 N–H and O–H groups in total. The summed E-state index contributed by atoms with van der Waals surface area (Å²) in [5.41, 5.74) is 7.78. The van der Waals surface area contributed by atoms with Gasteiger partial charge in [0.2, 0.25) is 5.91 Å². The second-order valence-corrected chi connectivity index (χ2v) is 7.27. The van der Waals surface area contributed by atoms with Crippen molar-refractivity contribution in [1.29, 1.82) is 0 Å². The van der Waals surface area contributed by atoms with Crippen LogP contribution in [0.15, 0.2) is 18.2 Å². The van der Waals surface area contributed by atoms with Gasteiger partial charge in [0.05, 0.1) is 11.4 Å². The topological polar surface area (TPSA) is 58.4 Å². The van der Waals surface area contributed by atoms with E-state index in [0.717, 1.165) is 12.1 Å². The van der Waals surface area contributed by atoms with E-state index in [1.165, 1.54) is 0 Å². The Hall–Kier alpha value is -1.26. The fourth-order valence-corrected chi connectivity index (χ4v) is 2.47. The Morgan fingerprint density at radius 2 is 2.00 bits per heavy atom. The van der Waals surface area contributed by atoms with Crippen LogP contribution in [0.25, 0.3) is 0 Å². The van der Waals surface area contributed by atoms with Crippen molar-refractivity contribution in [3.05, 3.63) is 23.2 Å². The molecule has 0 aliphatic rings. The van der Waals surface area contributed by atoms with Crippen molar-refractivity contribution in [2.45, 2.75) is 39.7 Å². The first-order valence-corrected chi connectivity index (χ1v) is 7.48. The standard InChI is InChI=1S/C16H26ClN3O/c1-16(2,3)10-12(18)9-15(21)19-13-8-11(17)6-7-14(13)20(4)5/h6-8,12H,9-10,18H2,1-5H3,(H,19,21). The number of anilines is 2. The van der Waals surface area contributed by atoms with Crippen LogP contribution in [-0.4, -0.2) is 26.0 Å². The number of carbonyl (C=O) groups is 1. The van der Waals surface area contributed by atoms with Crippen LogP contribution >= 0.6 is 11.6 Å². The first-order valence-electron chi connectivity index (χ1n) is 7.11. The molecule has 1 rings (SSSR count). The van der Waals surface area contributed by atoms with Gasteiger partial charge in [-0.25, -0.2) is 0 Å². The summed E-state index contributed by atoms with van der Waals surface area (Å²) in [5.74, 6) is -0.0860. The van der Waals surface area contributed by atoms with Crippen molar-refractivity contribution in [1.82, 2.24) is 0 Å². The highest BCUT2D eigenvalue weighted by atomic mass is 35.5. The Morgan fingerprint density at radius 1 is 1.38 bits per heavy atom. The Bertz CT molecular complexity index is 495. The molecule has 118 valence electrons. The number of nitrogens with one attached hydrogen (secondary N) is 1. The number of nitrogens with two attached hydrogens (primary N) is 1. The highest BCUT2D eigenvalue weighted by Crippen LogP contribution is 2.28. The molecule has 4 nitrogen and oxygen atoms in total. The maximum atomic E-state index is 12.1. The quantitative estimate of drug-likeness (QED) is 0.875. The molecule has 0 aliphatic heterocycles. The summed E-state index contributed by atoms with van der Waals surface area (Å²) in [6.07, 6.45) is 1.10. The SMILES string of the molecule is CN(C)c1ccc(Cl)cc1NC(=O)CC(N)CC(C)(C)C. The van der Waals surface area contributed by atoms with Crippen molar-refractivity contribution in [3.8, 4) is 0 Å². The van der Waals surface area contributed by atoms with Crippen LogP contribution in [0.4, 0.5) is 11.4 Å². The lowest BCUT2D eigenvalue weighted by atomic mass is 9.87. The van der Waals surface area contributed by atoms with Crippen molar-refractivity contribution >= 4 is 28.9 Å². The average Bonchev–Trinajstić information content (AvgIpc) is 2.24. The van der Waals surface area contributed by atoms with E-state index in [-0.39, 0.29) is 17.4 Å². The third-order valence-electron chi connectivity index (χ3n) is 3.04. The molecular formula is C16H26ClN3O. The maximum absolute atomic E-state index is 12.1. The molecule has 5 heteroatoms. The lowest BCUT2D eigenvalue weighted by molar-refractivity contribution is -0.116. The number of benzene rings is 1. The summed E-state index contributed by atoms with van der Waals surface area (Å²) in [4.78, 5) is 14.1. The lowest BCUT2D eigenvalue weighted by Gasteiger charge is -2.23. The fraction of sp³-hybridized carbons (Fsp3) is 0.562. The first kappa shape index (κ1) is 17.8. The first-order chi connectivity index (χ1) is 9.58. The van der Waals surface area contributed by atoms with Crippen LogP contribution in [0.2, 0.25) is 5.02 Å². The predicted molar refractivity (Wildman–Crippen MR) is 91.1 cm³/mol. The monoisotopic (exact) mass is 311 g/mol. The molecule has 0 radical (unpaired) electrons. The third-order valence-corrected chi connectivity index (χ3v) is 3.27. The molecule has 1 aromatic carbocycles. The smallest absolute Gasteiger partial charge is 0.225 e. The largest absolute Gasteiger partial charge is 0.376 e. The molecule has 0 fully saturated rings. The summed E-state index contributed by atoms with van der Waals surface area (Å²) >= 11 is 6.00. The van der Waals surface area contributed by atoms with Crippen LogP contribution in [0.3, 0.4) is 0 Å². The van der Waals surface area contributed by atoms with Crippen molar-refractivity contribution < 1.29 is 4.79 Å². The van der Waals surface area contributed by atoms with Crippen LogP contribution in [-0.2, 0) is 4.79 Å². The van der Waals surface area contributed by atoms with Crippen LogP contribution in [0, 0.1) is 5.41 Å². The van der Waals surface area contributed by atoms with E-state index in [9.17, 15) is 4.79 Å². The zero-order valence-corrected chi connectivity index (χ0v) is 14.3. The third kappa shape index (κ3) is 6.36. The minimum Gasteiger partial charge on any atom is -0.376 e. The van der Waals surface area contributed by atoms with E-state index in [4.69, 9.17) is 17.3 Å². The van der Waals surface area contributed by atoms with Gasteiger partial charge in [-0.05, 0) is 30.0 Å². The molecular weight excluding hydrogens is 286 g/mol. The van der Waals surface area contributed by atoms with Gasteiger partial charge in [-0.3, -0.25) is 4.79 Å². The highest BCUT2D eigenvalue weighted by molar-refractivity contribution is 6.31. The van der Waals surface area contributed by atoms with Gasteiger partial charge in [0.15, 0.2) is 0 Å². The number of carbonyl (C=O) groups excluding carboxylic acids is 1. The maximum Gasteiger partial charge on any atom is 0.225 e. The number of nitrogens with zero attached hydrogens (tertiary/aromatic N) is 1. The van der Waals surface area contributed by atoms with Gasteiger partial charge in [-0.1, -0.05) is 32.4 Å². The van der Waals surface area contributed by atoms with Gasteiger partial charge in [0.25, 0.3) is 0 Å². The Morgan fingerprint density at radius 3 is 2.52 bits per heavy atom. The van der Waals surface area contributed by atoms with E-state index in [1.807, 2.05) is 25.1 Å². The molecule has 0 bridgehead atoms. The van der Waals surface area contributed by atoms with Gasteiger partial charge < -0.3 is 16.0 Å². The summed E-state index contributed by atoms with van der Waals surface area (Å²) in [7, 11) is 3.84. The molecule has 1 atom stereocenters. The van der Waals surface area contributed by atoms with Crippen molar-refractivity contribution in [2.75, 3.05) is 24.3 Å². The molecule has 0 aromatic heterocycles. The Labute approximate surface area is 132 Å². The van der Waals surface area contributed by atoms with E-state index >= 15 is 0 Å². The number of halogens is 1. The van der Waals surface area contributed by atoms with Gasteiger partial charge in [0.1, 0.15) is 0 Å². The summed E-state index contributed by atoms with van der Waals surface area (Å²) in [6, 6.07) is 5.29. The lowest BCUT2D eigenvalue weighted by Crippen LogP contribution is -2.31. The molecule has 0 spiro atoms. The Balaban J connectivity index is 2.73. The summed E-state index contributed by atoms with van der Waals surface area (Å²) < 4.78 is 0. The molecule has 0 saturated heterocycles.